The topological polar surface area (TPSA) is 47.0 Å². The zero-order valence-electron chi connectivity index (χ0n) is 12.1. The van der Waals surface area contributed by atoms with Crippen LogP contribution in [0.25, 0.3) is 0 Å². The number of aryl methyl sites for hydroxylation is 1. The number of nitrogens with one attached hydrogen (secondary N) is 1. The van der Waals surface area contributed by atoms with E-state index in [4.69, 9.17) is 4.74 Å². The van der Waals surface area contributed by atoms with Crippen molar-refractivity contribution in [2.24, 2.45) is 0 Å². The molecule has 0 saturated carbocycles. The molecule has 2 aromatic heterocycles. The number of pyridine rings is 2. The predicted molar refractivity (Wildman–Crippen MR) is 79.5 cm³/mol. The van der Waals surface area contributed by atoms with Gasteiger partial charge in [-0.3, -0.25) is 9.97 Å². The van der Waals surface area contributed by atoms with Gasteiger partial charge in [0.05, 0.1) is 11.4 Å². The van der Waals surface area contributed by atoms with E-state index >= 15 is 0 Å². The Hall–Kier alpha value is -1.94. The third-order valence-electron chi connectivity index (χ3n) is 2.89. The zero-order chi connectivity index (χ0) is 14.2. The van der Waals surface area contributed by atoms with E-state index in [9.17, 15) is 0 Å². The predicted octanol–water partition coefficient (Wildman–Crippen LogP) is 2.86. The van der Waals surface area contributed by atoms with Crippen LogP contribution in [0, 0.1) is 6.92 Å². The van der Waals surface area contributed by atoms with Crippen molar-refractivity contribution in [1.29, 1.82) is 0 Å². The summed E-state index contributed by atoms with van der Waals surface area (Å²) >= 11 is 0. The van der Waals surface area contributed by atoms with Crippen LogP contribution in [0.3, 0.4) is 0 Å². The van der Waals surface area contributed by atoms with Gasteiger partial charge in [-0.05, 0) is 44.2 Å². The number of ether oxygens (including phenoxy) is 1. The maximum Gasteiger partial charge on any atom is 0.142 e. The minimum atomic E-state index is 0.465. The van der Waals surface area contributed by atoms with Crippen LogP contribution in [0.15, 0.2) is 36.5 Å². The molecular weight excluding hydrogens is 250 g/mol. The van der Waals surface area contributed by atoms with Crippen LogP contribution < -0.4 is 10.1 Å². The van der Waals surface area contributed by atoms with E-state index in [1.54, 1.807) is 6.20 Å². The molecule has 2 heterocycles. The number of nitrogens with zero attached hydrogens (tertiary/aromatic N) is 2. The van der Waals surface area contributed by atoms with Crippen LogP contribution >= 0.6 is 0 Å². The summed E-state index contributed by atoms with van der Waals surface area (Å²) in [6.45, 7) is 6.32. The first kappa shape index (κ1) is 14.5. The van der Waals surface area contributed by atoms with Gasteiger partial charge < -0.3 is 10.1 Å². The van der Waals surface area contributed by atoms with Gasteiger partial charge in [0.1, 0.15) is 12.4 Å². The van der Waals surface area contributed by atoms with E-state index in [1.165, 1.54) is 0 Å². The summed E-state index contributed by atoms with van der Waals surface area (Å²) in [4.78, 5) is 8.80. The van der Waals surface area contributed by atoms with Crippen LogP contribution in [-0.2, 0) is 13.2 Å². The molecule has 0 fully saturated rings. The third-order valence-corrected chi connectivity index (χ3v) is 2.89. The van der Waals surface area contributed by atoms with Gasteiger partial charge in [0.25, 0.3) is 0 Å². The van der Waals surface area contributed by atoms with Crippen LogP contribution in [0.5, 0.6) is 5.75 Å². The Morgan fingerprint density at radius 1 is 1.20 bits per heavy atom. The first-order valence-electron chi connectivity index (χ1n) is 6.99. The lowest BCUT2D eigenvalue weighted by molar-refractivity contribution is 0.295. The van der Waals surface area contributed by atoms with Crippen molar-refractivity contribution >= 4 is 0 Å². The van der Waals surface area contributed by atoms with E-state index in [0.717, 1.165) is 42.3 Å². The van der Waals surface area contributed by atoms with Crippen molar-refractivity contribution in [1.82, 2.24) is 15.3 Å². The van der Waals surface area contributed by atoms with Gasteiger partial charge in [-0.2, -0.15) is 0 Å². The first-order chi connectivity index (χ1) is 9.79. The molecule has 0 aromatic carbocycles. The second-order valence-electron chi connectivity index (χ2n) is 4.68. The molecule has 0 aliphatic heterocycles. The molecule has 0 unspecified atom stereocenters. The SMILES string of the molecule is CCCNCc1nc(C)ccc1OCc1ccccn1. The second kappa shape index (κ2) is 7.60. The molecule has 0 amide bonds. The molecule has 4 nitrogen and oxygen atoms in total. The number of aromatic nitrogens is 2. The molecule has 0 bridgehead atoms. The molecule has 0 radical (unpaired) electrons. The highest BCUT2D eigenvalue weighted by molar-refractivity contribution is 5.29. The van der Waals surface area contributed by atoms with Gasteiger partial charge in [-0.1, -0.05) is 13.0 Å². The fraction of sp³-hybridized carbons (Fsp3) is 0.375. The van der Waals surface area contributed by atoms with Gasteiger partial charge in [0.2, 0.25) is 0 Å². The van der Waals surface area contributed by atoms with Crippen LogP contribution in [0.2, 0.25) is 0 Å². The Labute approximate surface area is 120 Å². The lowest BCUT2D eigenvalue weighted by Crippen LogP contribution is -2.16. The molecule has 0 aliphatic carbocycles. The van der Waals surface area contributed by atoms with Crippen LogP contribution in [0.4, 0.5) is 0 Å². The summed E-state index contributed by atoms with van der Waals surface area (Å²) in [5.74, 6) is 0.824. The summed E-state index contributed by atoms with van der Waals surface area (Å²) in [5, 5.41) is 3.36. The maximum absolute atomic E-state index is 5.84. The highest BCUT2D eigenvalue weighted by atomic mass is 16.5. The van der Waals surface area contributed by atoms with E-state index in [1.807, 2.05) is 37.3 Å². The van der Waals surface area contributed by atoms with Gasteiger partial charge in [-0.25, -0.2) is 0 Å². The van der Waals surface area contributed by atoms with Gasteiger partial charge >= 0.3 is 0 Å². The lowest BCUT2D eigenvalue weighted by atomic mass is 10.2. The van der Waals surface area contributed by atoms with E-state index in [0.29, 0.717) is 6.61 Å². The third kappa shape index (κ3) is 4.31. The van der Waals surface area contributed by atoms with E-state index < -0.39 is 0 Å². The Morgan fingerprint density at radius 3 is 2.85 bits per heavy atom. The fourth-order valence-corrected chi connectivity index (χ4v) is 1.87. The van der Waals surface area contributed by atoms with E-state index in [-0.39, 0.29) is 0 Å². The molecule has 2 aromatic rings. The van der Waals surface area contributed by atoms with Gasteiger partial charge in [0, 0.05) is 18.4 Å². The highest BCUT2D eigenvalue weighted by Crippen LogP contribution is 2.18. The Balaban J connectivity index is 2.02. The summed E-state index contributed by atoms with van der Waals surface area (Å²) in [5.41, 5.74) is 2.87. The van der Waals surface area contributed by atoms with Crippen molar-refractivity contribution < 1.29 is 4.74 Å². The average molecular weight is 271 g/mol. The van der Waals surface area contributed by atoms with Crippen molar-refractivity contribution in [2.45, 2.75) is 33.4 Å². The van der Waals surface area contributed by atoms with Crippen molar-refractivity contribution in [2.75, 3.05) is 6.54 Å². The first-order valence-corrected chi connectivity index (χ1v) is 6.99. The standard InChI is InChI=1S/C16H21N3O/c1-3-9-17-11-15-16(8-7-13(2)19-15)20-12-14-6-4-5-10-18-14/h4-8,10,17H,3,9,11-12H2,1-2H3. The highest BCUT2D eigenvalue weighted by Gasteiger charge is 2.06. The Kier molecular flexibility index (Phi) is 5.50. The van der Waals surface area contributed by atoms with Gasteiger partial charge in [-0.15, -0.1) is 0 Å². The zero-order valence-corrected chi connectivity index (χ0v) is 12.1. The molecular formula is C16H21N3O. The Bertz CT molecular complexity index is 529. The fourth-order valence-electron chi connectivity index (χ4n) is 1.87. The molecule has 0 saturated heterocycles. The average Bonchev–Trinajstić information content (AvgIpc) is 2.48. The summed E-state index contributed by atoms with van der Waals surface area (Å²) < 4.78 is 5.84. The number of hydrogen-bond acceptors (Lipinski definition) is 4. The second-order valence-corrected chi connectivity index (χ2v) is 4.68. The molecule has 4 heteroatoms. The van der Waals surface area contributed by atoms with Gasteiger partial charge in [0.15, 0.2) is 0 Å². The maximum atomic E-state index is 5.84. The molecule has 0 atom stereocenters. The quantitative estimate of drug-likeness (QED) is 0.787. The van der Waals surface area contributed by atoms with Crippen molar-refractivity contribution in [3.8, 4) is 5.75 Å². The number of hydrogen-bond donors (Lipinski definition) is 1. The smallest absolute Gasteiger partial charge is 0.142 e. The summed E-state index contributed by atoms with van der Waals surface area (Å²) in [6, 6.07) is 9.77. The van der Waals surface area contributed by atoms with Crippen molar-refractivity contribution in [3.05, 3.63) is 53.6 Å². The summed E-state index contributed by atoms with van der Waals surface area (Å²) in [6.07, 6.45) is 2.88. The molecule has 2 rings (SSSR count). The summed E-state index contributed by atoms with van der Waals surface area (Å²) in [7, 11) is 0. The largest absolute Gasteiger partial charge is 0.485 e. The minimum Gasteiger partial charge on any atom is -0.485 e. The molecule has 20 heavy (non-hydrogen) atoms. The lowest BCUT2D eigenvalue weighted by Gasteiger charge is -2.12. The van der Waals surface area contributed by atoms with Crippen LogP contribution in [-0.4, -0.2) is 16.5 Å². The number of rotatable bonds is 7. The van der Waals surface area contributed by atoms with Crippen LogP contribution in [0.1, 0.15) is 30.4 Å². The normalized spacial score (nSPS) is 10.5. The minimum absolute atomic E-state index is 0.465. The monoisotopic (exact) mass is 271 g/mol. The molecule has 1 N–H and O–H groups in total. The van der Waals surface area contributed by atoms with Crippen molar-refractivity contribution in [3.63, 3.8) is 0 Å². The Morgan fingerprint density at radius 2 is 2.10 bits per heavy atom. The molecule has 106 valence electrons. The molecule has 0 aliphatic rings. The molecule has 0 spiro atoms. The van der Waals surface area contributed by atoms with E-state index in [2.05, 4.69) is 22.2 Å².